The molecule has 0 radical (unpaired) electrons. The summed E-state index contributed by atoms with van der Waals surface area (Å²) in [6.45, 7) is 1.44. The third-order valence-corrected chi connectivity index (χ3v) is 5.16. The number of rotatable bonds is 4. The molecule has 1 aliphatic carbocycles. The molecule has 1 N–H and O–H groups in total. The van der Waals surface area contributed by atoms with Crippen LogP contribution in [0, 0.1) is 0 Å². The number of amides is 1. The molecule has 4 rings (SSSR count). The lowest BCUT2D eigenvalue weighted by Crippen LogP contribution is -2.30. The van der Waals surface area contributed by atoms with Gasteiger partial charge in [0.15, 0.2) is 0 Å². The van der Waals surface area contributed by atoms with Crippen molar-refractivity contribution in [2.75, 3.05) is 6.54 Å². The second-order valence-electron chi connectivity index (χ2n) is 6.74. The SMILES string of the molecule is O=C(NCCC1=CCCCC1)c1cn2c3c(cccc3c1=O)CC2. The number of hydrogen-bond acceptors (Lipinski definition) is 2. The maximum atomic E-state index is 12.7. The Bertz CT molecular complexity index is 892. The molecule has 2 aromatic rings. The molecular weight excluding hydrogens is 300 g/mol. The number of benzene rings is 1. The molecule has 0 saturated heterocycles. The van der Waals surface area contributed by atoms with Crippen LogP contribution in [0.25, 0.3) is 10.9 Å². The van der Waals surface area contributed by atoms with Gasteiger partial charge >= 0.3 is 0 Å². The van der Waals surface area contributed by atoms with Crippen LogP contribution in [0.15, 0.2) is 40.8 Å². The molecule has 1 aromatic carbocycles. The lowest BCUT2D eigenvalue weighted by atomic mass is 9.97. The summed E-state index contributed by atoms with van der Waals surface area (Å²) in [7, 11) is 0. The molecule has 124 valence electrons. The summed E-state index contributed by atoms with van der Waals surface area (Å²) in [5.41, 5.74) is 3.73. The van der Waals surface area contributed by atoms with Crippen LogP contribution in [0.1, 0.15) is 48.0 Å². The van der Waals surface area contributed by atoms with Crippen molar-refractivity contribution in [3.8, 4) is 0 Å². The molecular formula is C20H22N2O2. The average molecular weight is 322 g/mol. The van der Waals surface area contributed by atoms with Crippen molar-refractivity contribution in [1.29, 1.82) is 0 Å². The number of aryl methyl sites for hydroxylation is 2. The lowest BCUT2D eigenvalue weighted by molar-refractivity contribution is 0.0952. The number of para-hydroxylation sites is 1. The summed E-state index contributed by atoms with van der Waals surface area (Å²) in [6, 6.07) is 5.79. The molecule has 0 atom stereocenters. The van der Waals surface area contributed by atoms with Crippen molar-refractivity contribution in [2.24, 2.45) is 0 Å². The Balaban J connectivity index is 1.54. The van der Waals surface area contributed by atoms with Gasteiger partial charge in [-0.2, -0.15) is 0 Å². The fraction of sp³-hybridized carbons (Fsp3) is 0.400. The van der Waals surface area contributed by atoms with Crippen LogP contribution < -0.4 is 10.7 Å². The number of carbonyl (C=O) groups is 1. The largest absolute Gasteiger partial charge is 0.352 e. The van der Waals surface area contributed by atoms with E-state index in [0.29, 0.717) is 11.9 Å². The maximum Gasteiger partial charge on any atom is 0.256 e. The van der Waals surface area contributed by atoms with E-state index in [9.17, 15) is 9.59 Å². The summed E-state index contributed by atoms with van der Waals surface area (Å²) < 4.78 is 2.05. The molecule has 2 heterocycles. The Morgan fingerprint density at radius 1 is 1.21 bits per heavy atom. The van der Waals surface area contributed by atoms with E-state index in [1.807, 2.05) is 16.7 Å². The second kappa shape index (κ2) is 6.27. The third-order valence-electron chi connectivity index (χ3n) is 5.16. The molecule has 0 fully saturated rings. The highest BCUT2D eigenvalue weighted by Gasteiger charge is 2.20. The third kappa shape index (κ3) is 2.66. The van der Waals surface area contributed by atoms with E-state index in [4.69, 9.17) is 0 Å². The Labute approximate surface area is 141 Å². The van der Waals surface area contributed by atoms with Gasteiger partial charge in [-0.1, -0.05) is 23.8 Å². The highest BCUT2D eigenvalue weighted by Crippen LogP contribution is 2.24. The molecule has 1 aromatic heterocycles. The highest BCUT2D eigenvalue weighted by molar-refractivity contribution is 5.98. The van der Waals surface area contributed by atoms with Gasteiger partial charge in [-0.25, -0.2) is 0 Å². The number of aromatic nitrogens is 1. The fourth-order valence-corrected chi connectivity index (χ4v) is 3.88. The van der Waals surface area contributed by atoms with E-state index in [1.165, 1.54) is 24.0 Å². The summed E-state index contributed by atoms with van der Waals surface area (Å²) >= 11 is 0. The van der Waals surface area contributed by atoms with Crippen LogP contribution in [-0.4, -0.2) is 17.0 Å². The van der Waals surface area contributed by atoms with Crippen LogP contribution >= 0.6 is 0 Å². The Kier molecular flexibility index (Phi) is 3.97. The van der Waals surface area contributed by atoms with E-state index >= 15 is 0 Å². The van der Waals surface area contributed by atoms with Gasteiger partial charge in [0.05, 0.1) is 5.52 Å². The van der Waals surface area contributed by atoms with Crippen LogP contribution in [0.3, 0.4) is 0 Å². The van der Waals surface area contributed by atoms with Crippen LogP contribution in [0.5, 0.6) is 0 Å². The van der Waals surface area contributed by atoms with Crippen molar-refractivity contribution in [3.63, 3.8) is 0 Å². The predicted molar refractivity (Wildman–Crippen MR) is 95.4 cm³/mol. The molecule has 0 unspecified atom stereocenters. The van der Waals surface area contributed by atoms with Gasteiger partial charge in [0.25, 0.3) is 5.91 Å². The molecule has 0 saturated carbocycles. The van der Waals surface area contributed by atoms with E-state index in [2.05, 4.69) is 17.5 Å². The normalized spacial score (nSPS) is 16.2. The van der Waals surface area contributed by atoms with Gasteiger partial charge in [0, 0.05) is 24.7 Å². The zero-order valence-electron chi connectivity index (χ0n) is 13.8. The Morgan fingerprint density at radius 2 is 2.12 bits per heavy atom. The van der Waals surface area contributed by atoms with Gasteiger partial charge in [-0.3, -0.25) is 9.59 Å². The molecule has 4 heteroatoms. The average Bonchev–Trinajstić information content (AvgIpc) is 3.03. The van der Waals surface area contributed by atoms with Gasteiger partial charge in [-0.05, 0) is 50.2 Å². The Hall–Kier alpha value is -2.36. The first kappa shape index (κ1) is 15.2. The summed E-state index contributed by atoms with van der Waals surface area (Å²) in [5.74, 6) is -0.251. The summed E-state index contributed by atoms with van der Waals surface area (Å²) in [4.78, 5) is 25.2. The first-order valence-electron chi connectivity index (χ1n) is 8.85. The molecule has 0 bridgehead atoms. The molecule has 24 heavy (non-hydrogen) atoms. The quantitative estimate of drug-likeness (QED) is 0.879. The smallest absolute Gasteiger partial charge is 0.256 e. The van der Waals surface area contributed by atoms with Crippen molar-refractivity contribution in [1.82, 2.24) is 9.88 Å². The van der Waals surface area contributed by atoms with Crippen LogP contribution in [0.2, 0.25) is 0 Å². The van der Waals surface area contributed by atoms with Gasteiger partial charge < -0.3 is 9.88 Å². The number of nitrogens with one attached hydrogen (secondary N) is 1. The second-order valence-corrected chi connectivity index (χ2v) is 6.74. The predicted octanol–water partition coefficient (Wildman–Crippen LogP) is 3.18. The summed E-state index contributed by atoms with van der Waals surface area (Å²) in [6.07, 6.45) is 10.7. The number of pyridine rings is 1. The van der Waals surface area contributed by atoms with Crippen LogP contribution in [-0.2, 0) is 13.0 Å². The summed E-state index contributed by atoms with van der Waals surface area (Å²) in [5, 5.41) is 3.59. The van der Waals surface area contributed by atoms with Crippen molar-refractivity contribution >= 4 is 16.8 Å². The lowest BCUT2D eigenvalue weighted by Gasteiger charge is -2.13. The monoisotopic (exact) mass is 322 g/mol. The molecule has 1 aliphatic heterocycles. The zero-order valence-corrected chi connectivity index (χ0v) is 13.8. The molecule has 0 spiro atoms. The van der Waals surface area contributed by atoms with Crippen molar-refractivity contribution in [3.05, 3.63) is 57.4 Å². The fourth-order valence-electron chi connectivity index (χ4n) is 3.88. The molecule has 4 nitrogen and oxygen atoms in total. The van der Waals surface area contributed by atoms with Gasteiger partial charge in [0.2, 0.25) is 5.43 Å². The first-order valence-corrected chi connectivity index (χ1v) is 8.85. The Morgan fingerprint density at radius 3 is 2.96 bits per heavy atom. The standard InChI is InChI=1S/C20H22N2O2/c23-19-16-8-4-7-15-10-12-22(18(15)16)13-17(19)20(24)21-11-9-14-5-2-1-3-6-14/h4-5,7-8,13H,1-3,6,9-12H2,(H,21,24). The van der Waals surface area contributed by atoms with Gasteiger partial charge in [0.1, 0.15) is 5.56 Å². The van der Waals surface area contributed by atoms with E-state index in [1.54, 1.807) is 6.20 Å². The van der Waals surface area contributed by atoms with E-state index in [-0.39, 0.29) is 16.9 Å². The molecule has 2 aliphatic rings. The minimum Gasteiger partial charge on any atom is -0.352 e. The first-order chi connectivity index (χ1) is 11.7. The molecule has 1 amide bonds. The van der Waals surface area contributed by atoms with Gasteiger partial charge in [-0.15, -0.1) is 0 Å². The van der Waals surface area contributed by atoms with Crippen molar-refractivity contribution in [2.45, 2.75) is 45.1 Å². The van der Waals surface area contributed by atoms with E-state index in [0.717, 1.165) is 37.7 Å². The zero-order chi connectivity index (χ0) is 16.5. The number of allylic oxidation sites excluding steroid dienone is 1. The topological polar surface area (TPSA) is 51.1 Å². The van der Waals surface area contributed by atoms with Crippen molar-refractivity contribution < 1.29 is 4.79 Å². The maximum absolute atomic E-state index is 12.7. The van der Waals surface area contributed by atoms with E-state index < -0.39 is 0 Å². The minimum absolute atomic E-state index is 0.153. The number of carbonyl (C=O) groups excluding carboxylic acids is 1. The minimum atomic E-state index is -0.251. The highest BCUT2D eigenvalue weighted by atomic mass is 16.2. The number of hydrogen-bond donors (Lipinski definition) is 1. The number of nitrogens with zero attached hydrogens (tertiary/aromatic N) is 1. The van der Waals surface area contributed by atoms with Crippen LogP contribution in [0.4, 0.5) is 0 Å².